The summed E-state index contributed by atoms with van der Waals surface area (Å²) in [6, 6.07) is 0.115. The van der Waals surface area contributed by atoms with Gasteiger partial charge in [0, 0.05) is 6.04 Å². The fourth-order valence-electron chi connectivity index (χ4n) is 1.48. The molecule has 0 unspecified atom stereocenters. The number of rotatable bonds is 5. The normalized spacial score (nSPS) is 10.7. The lowest BCUT2D eigenvalue weighted by Gasteiger charge is -2.15. The van der Waals surface area contributed by atoms with E-state index in [1.807, 2.05) is 13.8 Å². The van der Waals surface area contributed by atoms with Gasteiger partial charge in [0.2, 0.25) is 5.91 Å². The topological polar surface area (TPSA) is 64.0 Å². The molecule has 1 aromatic heterocycles. The van der Waals surface area contributed by atoms with Gasteiger partial charge in [0.1, 0.15) is 11.6 Å². The number of carbonyl (C=O) groups excluding carboxylic acids is 1. The lowest BCUT2D eigenvalue weighted by atomic mass is 10.2. The van der Waals surface area contributed by atoms with E-state index in [9.17, 15) is 9.59 Å². The minimum absolute atomic E-state index is 0.0571. The second kappa shape index (κ2) is 6.75. The Labute approximate surface area is 115 Å². The molecule has 0 saturated carbocycles. The molecular formula is C11H15Cl2N3O2. The number of nitrogens with zero attached hydrogens (tertiary/aromatic N) is 2. The number of aromatic nitrogens is 2. The van der Waals surface area contributed by atoms with Crippen LogP contribution in [0.1, 0.15) is 26.7 Å². The molecule has 1 aromatic rings. The Morgan fingerprint density at radius 1 is 1.44 bits per heavy atom. The van der Waals surface area contributed by atoms with E-state index in [1.54, 1.807) is 0 Å². The van der Waals surface area contributed by atoms with Crippen LogP contribution in [0.15, 0.2) is 11.1 Å². The number of amides is 1. The van der Waals surface area contributed by atoms with E-state index in [2.05, 4.69) is 10.3 Å². The van der Waals surface area contributed by atoms with E-state index in [1.165, 1.54) is 6.33 Å². The minimum Gasteiger partial charge on any atom is -0.352 e. The minimum atomic E-state index is -0.517. The molecule has 18 heavy (non-hydrogen) atoms. The molecule has 0 radical (unpaired) electrons. The van der Waals surface area contributed by atoms with Crippen LogP contribution in [0.2, 0.25) is 10.2 Å². The second-order valence-corrected chi connectivity index (χ2v) is 4.60. The first-order valence-electron chi connectivity index (χ1n) is 5.69. The molecule has 0 aliphatic carbocycles. The Hall–Kier alpha value is -1.07. The van der Waals surface area contributed by atoms with Gasteiger partial charge in [-0.2, -0.15) is 0 Å². The van der Waals surface area contributed by atoms with Crippen molar-refractivity contribution in [2.45, 2.75) is 39.3 Å². The number of hydrogen-bond acceptors (Lipinski definition) is 3. The molecule has 0 atom stereocenters. The average molecular weight is 292 g/mol. The maximum absolute atomic E-state index is 11.7. The van der Waals surface area contributed by atoms with Crippen LogP contribution in [0.3, 0.4) is 0 Å². The third kappa shape index (κ3) is 3.71. The third-order valence-electron chi connectivity index (χ3n) is 2.60. The van der Waals surface area contributed by atoms with Gasteiger partial charge in [-0.25, -0.2) is 4.98 Å². The van der Waals surface area contributed by atoms with Gasteiger partial charge in [0.15, 0.2) is 5.15 Å². The summed E-state index contributed by atoms with van der Waals surface area (Å²) in [5.41, 5.74) is -0.517. The molecule has 1 N–H and O–H groups in total. The zero-order chi connectivity index (χ0) is 13.7. The molecule has 1 amide bonds. The van der Waals surface area contributed by atoms with Crippen LogP contribution in [-0.2, 0) is 11.3 Å². The summed E-state index contributed by atoms with van der Waals surface area (Å²) < 4.78 is 1.13. The number of carbonyl (C=O) groups is 1. The van der Waals surface area contributed by atoms with Crippen LogP contribution >= 0.6 is 23.2 Å². The van der Waals surface area contributed by atoms with Gasteiger partial charge in [-0.15, -0.1) is 0 Å². The van der Waals surface area contributed by atoms with Crippen LogP contribution in [0.5, 0.6) is 0 Å². The fourth-order valence-corrected chi connectivity index (χ4v) is 1.76. The summed E-state index contributed by atoms with van der Waals surface area (Å²) in [4.78, 5) is 27.1. The second-order valence-electron chi connectivity index (χ2n) is 3.86. The predicted octanol–water partition coefficient (Wildman–Crippen LogP) is 1.85. The van der Waals surface area contributed by atoms with E-state index in [0.29, 0.717) is 0 Å². The maximum Gasteiger partial charge on any atom is 0.274 e. The SMILES string of the molecule is CCC(CC)NC(=O)Cn1cnc(Cl)c(Cl)c1=O. The van der Waals surface area contributed by atoms with Crippen molar-refractivity contribution in [3.63, 3.8) is 0 Å². The summed E-state index contributed by atoms with van der Waals surface area (Å²) in [6.07, 6.45) is 2.90. The van der Waals surface area contributed by atoms with Crippen molar-refractivity contribution in [2.24, 2.45) is 0 Å². The van der Waals surface area contributed by atoms with Crippen LogP contribution in [-0.4, -0.2) is 21.5 Å². The van der Waals surface area contributed by atoms with Crippen LogP contribution in [0.4, 0.5) is 0 Å². The van der Waals surface area contributed by atoms with Crippen molar-refractivity contribution in [3.05, 3.63) is 26.9 Å². The maximum atomic E-state index is 11.7. The quantitative estimate of drug-likeness (QED) is 0.842. The van der Waals surface area contributed by atoms with E-state index in [-0.39, 0.29) is 28.7 Å². The molecular weight excluding hydrogens is 277 g/mol. The summed E-state index contributed by atoms with van der Waals surface area (Å²) in [5, 5.41) is 2.59. The number of hydrogen-bond donors (Lipinski definition) is 1. The number of halogens is 2. The van der Waals surface area contributed by atoms with Crippen molar-refractivity contribution in [1.82, 2.24) is 14.9 Å². The Morgan fingerprint density at radius 3 is 2.61 bits per heavy atom. The summed E-state index contributed by atoms with van der Waals surface area (Å²) in [6.45, 7) is 3.86. The summed E-state index contributed by atoms with van der Waals surface area (Å²) in [7, 11) is 0. The lowest BCUT2D eigenvalue weighted by Crippen LogP contribution is -2.38. The molecule has 0 aliphatic heterocycles. The molecule has 100 valence electrons. The summed E-state index contributed by atoms with van der Waals surface area (Å²) in [5.74, 6) is -0.244. The molecule has 0 bridgehead atoms. The van der Waals surface area contributed by atoms with Crippen molar-refractivity contribution in [2.75, 3.05) is 0 Å². The van der Waals surface area contributed by atoms with Gasteiger partial charge in [-0.3, -0.25) is 14.2 Å². The Morgan fingerprint density at radius 2 is 2.06 bits per heavy atom. The van der Waals surface area contributed by atoms with Crippen molar-refractivity contribution >= 4 is 29.1 Å². The zero-order valence-electron chi connectivity index (χ0n) is 10.2. The Kier molecular flexibility index (Phi) is 5.62. The van der Waals surface area contributed by atoms with E-state index in [4.69, 9.17) is 23.2 Å². The van der Waals surface area contributed by atoms with Gasteiger partial charge < -0.3 is 5.32 Å². The van der Waals surface area contributed by atoms with Gasteiger partial charge in [-0.05, 0) is 12.8 Å². The van der Waals surface area contributed by atoms with E-state index >= 15 is 0 Å². The molecule has 0 fully saturated rings. The average Bonchev–Trinajstić information content (AvgIpc) is 2.36. The van der Waals surface area contributed by atoms with E-state index in [0.717, 1.165) is 17.4 Å². The van der Waals surface area contributed by atoms with Crippen LogP contribution in [0.25, 0.3) is 0 Å². The fraction of sp³-hybridized carbons (Fsp3) is 0.545. The highest BCUT2D eigenvalue weighted by Gasteiger charge is 2.12. The number of nitrogens with one attached hydrogen (secondary N) is 1. The first kappa shape index (κ1) is 15.0. The monoisotopic (exact) mass is 291 g/mol. The third-order valence-corrected chi connectivity index (χ3v) is 3.33. The van der Waals surface area contributed by atoms with Gasteiger partial charge in [0.05, 0.1) is 6.33 Å². The van der Waals surface area contributed by atoms with Crippen LogP contribution < -0.4 is 10.9 Å². The highest BCUT2D eigenvalue weighted by atomic mass is 35.5. The van der Waals surface area contributed by atoms with Crippen molar-refractivity contribution in [3.8, 4) is 0 Å². The highest BCUT2D eigenvalue weighted by molar-refractivity contribution is 6.40. The first-order valence-corrected chi connectivity index (χ1v) is 6.44. The molecule has 0 aromatic carbocycles. The molecule has 1 heterocycles. The van der Waals surface area contributed by atoms with E-state index < -0.39 is 5.56 Å². The Bertz CT molecular complexity index is 484. The first-order chi connectivity index (χ1) is 8.49. The smallest absolute Gasteiger partial charge is 0.274 e. The molecule has 0 aliphatic rings. The highest BCUT2D eigenvalue weighted by Crippen LogP contribution is 2.12. The van der Waals surface area contributed by atoms with Gasteiger partial charge >= 0.3 is 0 Å². The Balaban J connectivity index is 2.77. The standard InChI is InChI=1S/C11H15Cl2N3O2/c1-3-7(4-2)15-8(17)5-16-6-14-10(13)9(12)11(16)18/h6-7H,3-5H2,1-2H3,(H,15,17). The largest absolute Gasteiger partial charge is 0.352 e. The van der Waals surface area contributed by atoms with Gasteiger partial charge in [-0.1, -0.05) is 37.0 Å². The molecule has 1 rings (SSSR count). The van der Waals surface area contributed by atoms with Crippen LogP contribution in [0, 0.1) is 0 Å². The zero-order valence-corrected chi connectivity index (χ0v) is 11.8. The molecule has 0 saturated heterocycles. The molecule has 0 spiro atoms. The molecule has 7 heteroatoms. The molecule has 5 nitrogen and oxygen atoms in total. The van der Waals surface area contributed by atoms with Crippen molar-refractivity contribution in [1.29, 1.82) is 0 Å². The van der Waals surface area contributed by atoms with Gasteiger partial charge in [0.25, 0.3) is 5.56 Å². The summed E-state index contributed by atoms with van der Waals surface area (Å²) >= 11 is 11.3. The van der Waals surface area contributed by atoms with Crippen molar-refractivity contribution < 1.29 is 4.79 Å². The lowest BCUT2D eigenvalue weighted by molar-refractivity contribution is -0.122. The predicted molar refractivity (Wildman–Crippen MR) is 71.0 cm³/mol.